The van der Waals surface area contributed by atoms with Crippen molar-refractivity contribution in [2.24, 2.45) is 5.11 Å². The fraction of sp³-hybridized carbons (Fsp3) is 0.0833. The first-order chi connectivity index (χ1) is 7.92. The lowest BCUT2D eigenvalue weighted by molar-refractivity contribution is 1.22. The monoisotopic (exact) mass is 210 g/mol. The summed E-state index contributed by atoms with van der Waals surface area (Å²) >= 11 is 0. The number of pyridine rings is 1. The van der Waals surface area contributed by atoms with E-state index in [4.69, 9.17) is 5.53 Å². The van der Waals surface area contributed by atoms with E-state index in [2.05, 4.69) is 15.0 Å². The van der Waals surface area contributed by atoms with Crippen LogP contribution in [0, 0.1) is 0 Å². The maximum atomic E-state index is 8.15. The van der Waals surface area contributed by atoms with Crippen molar-refractivity contribution < 1.29 is 0 Å². The van der Waals surface area contributed by atoms with Crippen LogP contribution in [-0.2, 0) is 0 Å². The molecular formula is C12H10N4. The van der Waals surface area contributed by atoms with E-state index in [-0.39, 0.29) is 0 Å². The van der Waals surface area contributed by atoms with Gasteiger partial charge < -0.3 is 0 Å². The second-order valence-electron chi connectivity index (χ2n) is 3.23. The molecule has 0 fully saturated rings. The molecular weight excluding hydrogens is 200 g/mol. The van der Waals surface area contributed by atoms with E-state index in [1.807, 2.05) is 42.5 Å². The van der Waals surface area contributed by atoms with E-state index in [0.717, 1.165) is 16.5 Å². The van der Waals surface area contributed by atoms with Gasteiger partial charge in [0.2, 0.25) is 0 Å². The smallest absolute Gasteiger partial charge is 0.0707 e. The Bertz CT molecular complexity index is 563. The number of nitrogens with zero attached hydrogens (tertiary/aromatic N) is 4. The van der Waals surface area contributed by atoms with Crippen LogP contribution in [0.1, 0.15) is 5.56 Å². The lowest BCUT2D eigenvalue weighted by atomic mass is 10.1. The van der Waals surface area contributed by atoms with Crippen LogP contribution in [0.25, 0.3) is 27.4 Å². The zero-order valence-electron chi connectivity index (χ0n) is 8.61. The minimum atomic E-state index is 0.368. The molecule has 0 spiro atoms. The molecule has 4 nitrogen and oxygen atoms in total. The Kier molecular flexibility index (Phi) is 3.16. The normalized spacial score (nSPS) is 10.5. The van der Waals surface area contributed by atoms with E-state index >= 15 is 0 Å². The van der Waals surface area contributed by atoms with E-state index in [1.54, 1.807) is 6.20 Å². The largest absolute Gasteiger partial charge is 0.256 e. The van der Waals surface area contributed by atoms with Crippen molar-refractivity contribution in [1.29, 1.82) is 0 Å². The molecule has 0 unspecified atom stereocenters. The summed E-state index contributed by atoms with van der Waals surface area (Å²) in [5, 5.41) is 4.54. The molecule has 0 aliphatic heterocycles. The molecule has 1 aromatic heterocycles. The summed E-state index contributed by atoms with van der Waals surface area (Å²) in [6, 6.07) is 9.88. The molecule has 0 aliphatic carbocycles. The number of hydrogen-bond donors (Lipinski definition) is 0. The molecule has 0 atom stereocenters. The standard InChI is InChI=1S/C12H10N4/c13-16-15-8-3-4-10-7-9-14-12-6-2-1-5-11(10)12/h1-7,9H,8H2. The summed E-state index contributed by atoms with van der Waals surface area (Å²) in [7, 11) is 0. The summed E-state index contributed by atoms with van der Waals surface area (Å²) in [4.78, 5) is 6.96. The summed E-state index contributed by atoms with van der Waals surface area (Å²) in [6.45, 7) is 0.368. The van der Waals surface area contributed by atoms with E-state index in [0.29, 0.717) is 6.54 Å². The molecule has 2 rings (SSSR count). The lowest BCUT2D eigenvalue weighted by Gasteiger charge is -2.00. The molecule has 16 heavy (non-hydrogen) atoms. The molecule has 2 aromatic rings. The number of azide groups is 1. The molecule has 0 N–H and O–H groups in total. The number of rotatable bonds is 3. The molecule has 0 saturated carbocycles. The van der Waals surface area contributed by atoms with Crippen LogP contribution in [0.5, 0.6) is 0 Å². The van der Waals surface area contributed by atoms with Gasteiger partial charge in [-0.05, 0) is 23.2 Å². The first-order valence-corrected chi connectivity index (χ1v) is 4.93. The van der Waals surface area contributed by atoms with Crippen LogP contribution < -0.4 is 0 Å². The molecule has 0 radical (unpaired) electrons. The maximum absolute atomic E-state index is 8.15. The third kappa shape index (κ3) is 2.19. The second-order valence-corrected chi connectivity index (χ2v) is 3.23. The van der Waals surface area contributed by atoms with Gasteiger partial charge in [0.1, 0.15) is 0 Å². The Morgan fingerprint density at radius 3 is 3.06 bits per heavy atom. The summed E-state index contributed by atoms with van der Waals surface area (Å²) in [5.74, 6) is 0. The zero-order valence-corrected chi connectivity index (χ0v) is 8.61. The number of benzene rings is 1. The Hall–Kier alpha value is -2.32. The van der Waals surface area contributed by atoms with Gasteiger partial charge in [-0.25, -0.2) is 0 Å². The molecule has 4 heteroatoms. The number of hydrogen-bond acceptors (Lipinski definition) is 2. The summed E-state index contributed by atoms with van der Waals surface area (Å²) in [5.41, 5.74) is 10.2. The number of para-hydroxylation sites is 1. The van der Waals surface area contributed by atoms with E-state index in [9.17, 15) is 0 Å². The Balaban J connectivity index is 2.37. The van der Waals surface area contributed by atoms with Gasteiger partial charge in [0.05, 0.1) is 5.52 Å². The average molecular weight is 210 g/mol. The molecule has 0 saturated heterocycles. The fourth-order valence-electron chi connectivity index (χ4n) is 1.53. The van der Waals surface area contributed by atoms with Gasteiger partial charge in [-0.3, -0.25) is 4.98 Å². The second kappa shape index (κ2) is 4.96. The van der Waals surface area contributed by atoms with Crippen LogP contribution in [-0.4, -0.2) is 11.5 Å². The van der Waals surface area contributed by atoms with Crippen LogP contribution >= 0.6 is 0 Å². The van der Waals surface area contributed by atoms with Crippen molar-refractivity contribution in [3.63, 3.8) is 0 Å². The highest BCUT2D eigenvalue weighted by atomic mass is 15.1. The molecule has 78 valence electrons. The molecule has 0 bridgehead atoms. The van der Waals surface area contributed by atoms with Crippen molar-refractivity contribution in [2.45, 2.75) is 0 Å². The Morgan fingerprint density at radius 1 is 1.31 bits per heavy atom. The van der Waals surface area contributed by atoms with E-state index in [1.165, 1.54) is 0 Å². The quantitative estimate of drug-likeness (QED) is 0.434. The van der Waals surface area contributed by atoms with Crippen molar-refractivity contribution in [3.05, 3.63) is 58.6 Å². The van der Waals surface area contributed by atoms with Crippen LogP contribution in [0.15, 0.2) is 47.7 Å². The van der Waals surface area contributed by atoms with Crippen LogP contribution in [0.4, 0.5) is 0 Å². The maximum Gasteiger partial charge on any atom is 0.0707 e. The third-order valence-electron chi connectivity index (χ3n) is 2.23. The van der Waals surface area contributed by atoms with E-state index < -0.39 is 0 Å². The van der Waals surface area contributed by atoms with Gasteiger partial charge in [0.15, 0.2) is 0 Å². The molecule has 1 aromatic carbocycles. The van der Waals surface area contributed by atoms with Gasteiger partial charge in [-0.1, -0.05) is 35.5 Å². The van der Waals surface area contributed by atoms with Gasteiger partial charge in [0, 0.05) is 23.0 Å². The minimum Gasteiger partial charge on any atom is -0.256 e. The Labute approximate surface area is 92.9 Å². The van der Waals surface area contributed by atoms with Gasteiger partial charge in [-0.15, -0.1) is 0 Å². The van der Waals surface area contributed by atoms with Crippen molar-refractivity contribution >= 4 is 17.0 Å². The van der Waals surface area contributed by atoms with Crippen LogP contribution in [0.3, 0.4) is 0 Å². The SMILES string of the molecule is [N-]=[N+]=NCC=Cc1ccnc2ccccc12. The molecule has 0 aliphatic rings. The number of fused-ring (bicyclic) bond motifs is 1. The summed E-state index contributed by atoms with van der Waals surface area (Å²) in [6.07, 6.45) is 5.55. The fourth-order valence-corrected chi connectivity index (χ4v) is 1.53. The molecule has 0 amide bonds. The first kappa shape index (κ1) is 10.2. The highest BCUT2D eigenvalue weighted by molar-refractivity contribution is 5.87. The van der Waals surface area contributed by atoms with Gasteiger partial charge in [0.25, 0.3) is 0 Å². The third-order valence-corrected chi connectivity index (χ3v) is 2.23. The van der Waals surface area contributed by atoms with Crippen LogP contribution in [0.2, 0.25) is 0 Å². The van der Waals surface area contributed by atoms with Gasteiger partial charge >= 0.3 is 0 Å². The average Bonchev–Trinajstić information content (AvgIpc) is 2.35. The predicted molar refractivity (Wildman–Crippen MR) is 64.8 cm³/mol. The lowest BCUT2D eigenvalue weighted by Crippen LogP contribution is -1.81. The predicted octanol–water partition coefficient (Wildman–Crippen LogP) is 3.56. The Morgan fingerprint density at radius 2 is 2.19 bits per heavy atom. The highest BCUT2D eigenvalue weighted by Crippen LogP contribution is 2.17. The van der Waals surface area contributed by atoms with Crippen molar-refractivity contribution in [1.82, 2.24) is 4.98 Å². The zero-order chi connectivity index (χ0) is 11.2. The minimum absolute atomic E-state index is 0.368. The van der Waals surface area contributed by atoms with Crippen molar-refractivity contribution in [2.75, 3.05) is 6.54 Å². The first-order valence-electron chi connectivity index (χ1n) is 4.93. The highest BCUT2D eigenvalue weighted by Gasteiger charge is 1.96. The topological polar surface area (TPSA) is 61.7 Å². The van der Waals surface area contributed by atoms with Crippen molar-refractivity contribution in [3.8, 4) is 0 Å². The van der Waals surface area contributed by atoms with Gasteiger partial charge in [-0.2, -0.15) is 0 Å². The summed E-state index contributed by atoms with van der Waals surface area (Å²) < 4.78 is 0. The number of aromatic nitrogens is 1. The molecule has 1 heterocycles.